The predicted octanol–water partition coefficient (Wildman–Crippen LogP) is 2.67. The lowest BCUT2D eigenvalue weighted by Gasteiger charge is -2.56. The maximum atomic E-state index is 13.0. The maximum Gasteiger partial charge on any atom is 0.373 e. The number of hydrogen-bond acceptors (Lipinski definition) is 7. The third-order valence-electron chi connectivity index (χ3n) is 5.63. The molecule has 1 N–H and O–H groups in total. The summed E-state index contributed by atoms with van der Waals surface area (Å²) in [6.07, 6.45) is 1.93. The number of esters is 2. The second-order valence-electron chi connectivity index (χ2n) is 8.09. The van der Waals surface area contributed by atoms with E-state index in [1.54, 1.807) is 6.08 Å². The standard InChI is InChI=1S/C22H24N2O6S.C2H6.H2/c1-13(2)8-9-29-21(28)22-15(11-17(26)30-22)12-31-20-18(19(27)24(20)22)23-16(25)10-14-6-4-3-5-7-14;1-2;/h3-8,15,18,20H,9-12H2,1-2H3,(H,23,25);1-2H3;1H/t15-,18+,20?,22+;;/m0../s1. The topological polar surface area (TPSA) is 102 Å². The SMILES string of the molecule is CC.CC(C)=CCOC(=O)[C@]12OC(=O)C[C@H]1CSC1[C@H](NC(=O)Cc3ccccc3)C(=O)N12.[HH]. The van der Waals surface area contributed by atoms with Gasteiger partial charge in [-0.3, -0.25) is 19.3 Å². The van der Waals surface area contributed by atoms with Crippen molar-refractivity contribution in [1.82, 2.24) is 10.2 Å². The van der Waals surface area contributed by atoms with E-state index in [2.05, 4.69) is 5.32 Å². The molecule has 3 fully saturated rings. The average molecular weight is 477 g/mol. The summed E-state index contributed by atoms with van der Waals surface area (Å²) >= 11 is 1.43. The Morgan fingerprint density at radius 3 is 2.64 bits per heavy atom. The first-order valence-corrected chi connectivity index (χ1v) is 12.2. The smallest absolute Gasteiger partial charge is 0.373 e. The number of β-lactam (4-membered cyclic amide) rings is 1. The van der Waals surface area contributed by atoms with Crippen molar-refractivity contribution in [1.29, 1.82) is 0 Å². The lowest BCUT2D eigenvalue weighted by atomic mass is 9.89. The van der Waals surface area contributed by atoms with Crippen molar-refractivity contribution in [2.45, 2.75) is 57.7 Å². The summed E-state index contributed by atoms with van der Waals surface area (Å²) in [5.41, 5.74) is 0.0628. The molecule has 33 heavy (non-hydrogen) atoms. The predicted molar refractivity (Wildman–Crippen MR) is 126 cm³/mol. The quantitative estimate of drug-likeness (QED) is 0.383. The van der Waals surface area contributed by atoms with Crippen molar-refractivity contribution in [2.75, 3.05) is 12.4 Å². The van der Waals surface area contributed by atoms with Gasteiger partial charge in [-0.15, -0.1) is 11.8 Å². The largest absolute Gasteiger partial charge is 0.457 e. The summed E-state index contributed by atoms with van der Waals surface area (Å²) < 4.78 is 10.8. The molecule has 0 aromatic heterocycles. The highest BCUT2D eigenvalue weighted by molar-refractivity contribution is 8.00. The Kier molecular flexibility index (Phi) is 7.84. The van der Waals surface area contributed by atoms with Gasteiger partial charge in [-0.1, -0.05) is 49.8 Å². The van der Waals surface area contributed by atoms with Crippen LogP contribution in [0.2, 0.25) is 0 Å². The van der Waals surface area contributed by atoms with Gasteiger partial charge in [0.05, 0.1) is 12.8 Å². The molecule has 4 rings (SSSR count). The minimum atomic E-state index is -1.75. The summed E-state index contributed by atoms with van der Waals surface area (Å²) in [6.45, 7) is 7.78. The molecule has 3 aliphatic heterocycles. The Hall–Kier alpha value is -2.81. The molecule has 8 nitrogen and oxygen atoms in total. The Bertz CT molecular complexity index is 952. The number of carbonyl (C=O) groups excluding carboxylic acids is 4. The maximum absolute atomic E-state index is 13.0. The van der Waals surface area contributed by atoms with Gasteiger partial charge < -0.3 is 14.8 Å². The Morgan fingerprint density at radius 1 is 1.27 bits per heavy atom. The second kappa shape index (κ2) is 10.4. The van der Waals surface area contributed by atoms with Crippen molar-refractivity contribution in [3.63, 3.8) is 0 Å². The van der Waals surface area contributed by atoms with Crippen LogP contribution in [0.1, 0.15) is 41.1 Å². The van der Waals surface area contributed by atoms with E-state index < -0.39 is 40.9 Å². The van der Waals surface area contributed by atoms with Crippen LogP contribution in [0.15, 0.2) is 42.0 Å². The molecule has 1 aromatic rings. The zero-order valence-corrected chi connectivity index (χ0v) is 20.1. The molecule has 0 spiro atoms. The molecule has 0 saturated carbocycles. The zero-order valence-electron chi connectivity index (χ0n) is 19.3. The number of amides is 2. The van der Waals surface area contributed by atoms with E-state index in [-0.39, 0.29) is 26.8 Å². The number of rotatable bonds is 6. The van der Waals surface area contributed by atoms with Crippen molar-refractivity contribution >= 4 is 35.5 Å². The zero-order chi connectivity index (χ0) is 24.2. The minimum Gasteiger partial charge on any atom is -0.457 e. The third kappa shape index (κ3) is 4.78. The van der Waals surface area contributed by atoms with Crippen molar-refractivity contribution in [2.24, 2.45) is 5.92 Å². The molecule has 1 aromatic carbocycles. The summed E-state index contributed by atoms with van der Waals surface area (Å²) in [7, 11) is 0. The summed E-state index contributed by atoms with van der Waals surface area (Å²) in [5.74, 6) is -2.04. The van der Waals surface area contributed by atoms with Gasteiger partial charge in [-0.2, -0.15) is 0 Å². The van der Waals surface area contributed by atoms with E-state index >= 15 is 0 Å². The van der Waals surface area contributed by atoms with Gasteiger partial charge in [0, 0.05) is 13.1 Å². The number of ether oxygens (including phenoxy) is 2. The van der Waals surface area contributed by atoms with Crippen LogP contribution in [0.3, 0.4) is 0 Å². The van der Waals surface area contributed by atoms with Gasteiger partial charge in [-0.25, -0.2) is 4.79 Å². The Morgan fingerprint density at radius 2 is 1.97 bits per heavy atom. The fraction of sp³-hybridized carbons (Fsp3) is 0.500. The fourth-order valence-corrected chi connectivity index (χ4v) is 5.65. The first-order valence-electron chi connectivity index (χ1n) is 11.1. The van der Waals surface area contributed by atoms with E-state index in [1.165, 1.54) is 16.7 Å². The number of fused-ring (bicyclic) bond motifs is 3. The van der Waals surface area contributed by atoms with Gasteiger partial charge >= 0.3 is 11.9 Å². The van der Waals surface area contributed by atoms with E-state index in [1.807, 2.05) is 58.0 Å². The van der Waals surface area contributed by atoms with Crippen molar-refractivity contribution in [3.05, 3.63) is 47.5 Å². The van der Waals surface area contributed by atoms with Crippen LogP contribution in [-0.2, 0) is 35.1 Å². The molecule has 1 unspecified atom stereocenters. The molecular formula is C24H32N2O6S. The van der Waals surface area contributed by atoms with Crippen molar-refractivity contribution < 1.29 is 30.1 Å². The molecule has 180 valence electrons. The molecule has 0 radical (unpaired) electrons. The molecule has 3 heterocycles. The highest BCUT2D eigenvalue weighted by Gasteiger charge is 2.71. The van der Waals surface area contributed by atoms with Gasteiger partial charge in [0.1, 0.15) is 18.0 Å². The van der Waals surface area contributed by atoms with Gasteiger partial charge in [0.25, 0.3) is 11.6 Å². The highest BCUT2D eigenvalue weighted by Crippen LogP contribution is 2.51. The van der Waals surface area contributed by atoms with Gasteiger partial charge in [-0.05, 0) is 25.5 Å². The molecule has 0 aliphatic carbocycles. The number of nitrogens with one attached hydrogen (secondary N) is 1. The van der Waals surface area contributed by atoms with Crippen LogP contribution in [0.4, 0.5) is 0 Å². The number of hydrogen-bond donors (Lipinski definition) is 1. The van der Waals surface area contributed by atoms with Gasteiger partial charge in [0.2, 0.25) is 5.91 Å². The molecule has 3 aliphatic rings. The van der Waals surface area contributed by atoms with E-state index in [0.29, 0.717) is 5.75 Å². The lowest BCUT2D eigenvalue weighted by Crippen LogP contribution is -2.80. The van der Waals surface area contributed by atoms with Gasteiger partial charge in [0.15, 0.2) is 0 Å². The van der Waals surface area contributed by atoms with E-state index in [4.69, 9.17) is 9.47 Å². The summed E-state index contributed by atoms with van der Waals surface area (Å²) in [4.78, 5) is 51.9. The first kappa shape index (κ1) is 24.8. The number of nitrogens with zero attached hydrogens (tertiary/aromatic N) is 1. The molecule has 9 heteroatoms. The Balaban J connectivity index is 0.00000133. The number of thioether (sulfide) groups is 1. The average Bonchev–Trinajstić information content (AvgIpc) is 3.14. The van der Waals surface area contributed by atoms with E-state index in [0.717, 1.165) is 11.1 Å². The van der Waals surface area contributed by atoms with Crippen LogP contribution in [0.25, 0.3) is 0 Å². The molecule has 4 atom stereocenters. The third-order valence-corrected chi connectivity index (χ3v) is 7.05. The molecule has 3 saturated heterocycles. The summed E-state index contributed by atoms with van der Waals surface area (Å²) in [6, 6.07) is 8.45. The van der Waals surface area contributed by atoms with Crippen LogP contribution < -0.4 is 5.32 Å². The first-order chi connectivity index (χ1) is 15.8. The molecule has 0 bridgehead atoms. The summed E-state index contributed by atoms with van der Waals surface area (Å²) in [5, 5.41) is 2.27. The lowest BCUT2D eigenvalue weighted by molar-refractivity contribution is -0.218. The monoisotopic (exact) mass is 476 g/mol. The fourth-order valence-electron chi connectivity index (χ4n) is 4.09. The second-order valence-corrected chi connectivity index (χ2v) is 9.24. The minimum absolute atomic E-state index is 0. The van der Waals surface area contributed by atoms with Crippen LogP contribution in [0, 0.1) is 5.92 Å². The Labute approximate surface area is 199 Å². The van der Waals surface area contributed by atoms with Crippen LogP contribution >= 0.6 is 11.8 Å². The molecular weight excluding hydrogens is 444 g/mol. The highest BCUT2D eigenvalue weighted by atomic mass is 32.2. The molecule has 2 amide bonds. The number of allylic oxidation sites excluding steroid dienone is 1. The number of carbonyl (C=O) groups is 4. The van der Waals surface area contributed by atoms with Crippen LogP contribution in [0.5, 0.6) is 0 Å². The number of benzene rings is 1. The van der Waals surface area contributed by atoms with E-state index in [9.17, 15) is 19.2 Å². The normalized spacial score (nSPS) is 27.0. The van der Waals surface area contributed by atoms with Crippen molar-refractivity contribution in [3.8, 4) is 0 Å². The van der Waals surface area contributed by atoms with Crippen LogP contribution in [-0.4, -0.2) is 58.2 Å².